The molecule has 0 aliphatic heterocycles. The van der Waals surface area contributed by atoms with Crippen molar-refractivity contribution in [2.45, 2.75) is 29.8 Å². The molecule has 0 saturated heterocycles. The third-order valence-electron chi connectivity index (χ3n) is 6.33. The van der Waals surface area contributed by atoms with Gasteiger partial charge in [-0.3, -0.25) is 4.21 Å². The van der Waals surface area contributed by atoms with E-state index in [9.17, 15) is 22.5 Å². The summed E-state index contributed by atoms with van der Waals surface area (Å²) in [5.74, 6) is 1.03. The number of aromatic nitrogens is 2. The maximum atomic E-state index is 13.6. The van der Waals surface area contributed by atoms with Crippen LogP contribution in [0.5, 0.6) is 0 Å². The van der Waals surface area contributed by atoms with Gasteiger partial charge in [0, 0.05) is 16.2 Å². The molecule has 1 fully saturated rings. The molecule has 1 saturated carbocycles. The van der Waals surface area contributed by atoms with Crippen LogP contribution >= 0.6 is 23.2 Å². The van der Waals surface area contributed by atoms with Crippen LogP contribution in [-0.4, -0.2) is 31.6 Å². The standard InChI is InChI=1S/C26H21Cl2F3N2O2S/c27-20-11-21-24(23(28)22(20)17-3-1-2-4-19(17)26(29,30)31)33-25(32-21)18(12-34)15-7-9-16(10-8-15)36(35)13-14-5-6-14/h1-4,7-11,14,18,34H,5-6,12-13H2,(H,32,33). The lowest BCUT2D eigenvalue weighted by atomic mass is 9.98. The lowest BCUT2D eigenvalue weighted by Gasteiger charge is -2.15. The molecule has 3 aromatic carbocycles. The Kier molecular flexibility index (Phi) is 6.89. The van der Waals surface area contributed by atoms with Crippen LogP contribution in [0.15, 0.2) is 59.5 Å². The zero-order chi connectivity index (χ0) is 25.6. The van der Waals surface area contributed by atoms with E-state index in [1.165, 1.54) is 24.3 Å². The highest BCUT2D eigenvalue weighted by Crippen LogP contribution is 2.45. The summed E-state index contributed by atoms with van der Waals surface area (Å²) < 4.78 is 53.4. The van der Waals surface area contributed by atoms with Crippen LogP contribution in [0.4, 0.5) is 13.2 Å². The van der Waals surface area contributed by atoms with Gasteiger partial charge in [-0.05, 0) is 54.2 Å². The molecule has 0 amide bonds. The topological polar surface area (TPSA) is 66.0 Å². The number of alkyl halides is 3. The SMILES string of the molecule is O=S(CC1CC1)c1ccc(C(CO)c2nc3c(Cl)c(-c4ccccc4C(F)(F)F)c(Cl)cc3[nH]2)cc1. The van der Waals surface area contributed by atoms with E-state index in [2.05, 4.69) is 9.97 Å². The van der Waals surface area contributed by atoms with Crippen molar-refractivity contribution in [3.8, 4) is 11.1 Å². The zero-order valence-electron chi connectivity index (χ0n) is 18.8. The minimum atomic E-state index is -4.59. The molecule has 0 bridgehead atoms. The zero-order valence-corrected chi connectivity index (χ0v) is 21.1. The maximum absolute atomic E-state index is 13.6. The number of aliphatic hydroxyl groups is 1. The Bertz CT molecular complexity index is 1450. The molecule has 10 heteroatoms. The van der Waals surface area contributed by atoms with Gasteiger partial charge in [0.25, 0.3) is 0 Å². The van der Waals surface area contributed by atoms with Gasteiger partial charge >= 0.3 is 6.18 Å². The van der Waals surface area contributed by atoms with Crippen LogP contribution in [0.25, 0.3) is 22.2 Å². The van der Waals surface area contributed by atoms with Crippen LogP contribution in [0, 0.1) is 5.92 Å². The Morgan fingerprint density at radius 2 is 1.81 bits per heavy atom. The molecule has 5 rings (SSSR count). The number of rotatable bonds is 7. The summed E-state index contributed by atoms with van der Waals surface area (Å²) in [5.41, 5.74) is 0.488. The highest BCUT2D eigenvalue weighted by molar-refractivity contribution is 7.85. The van der Waals surface area contributed by atoms with Crippen molar-refractivity contribution in [3.05, 3.63) is 81.6 Å². The smallest absolute Gasteiger partial charge is 0.395 e. The Balaban J connectivity index is 1.52. The van der Waals surface area contributed by atoms with Gasteiger partial charge in [0.1, 0.15) is 11.3 Å². The largest absolute Gasteiger partial charge is 0.417 e. The third-order valence-corrected chi connectivity index (χ3v) is 8.57. The summed E-state index contributed by atoms with van der Waals surface area (Å²) in [6.07, 6.45) is -2.34. The van der Waals surface area contributed by atoms with E-state index in [4.69, 9.17) is 23.2 Å². The van der Waals surface area contributed by atoms with E-state index in [-0.39, 0.29) is 33.3 Å². The molecular formula is C26H21Cl2F3N2O2S. The summed E-state index contributed by atoms with van der Waals surface area (Å²) in [6.45, 7) is -0.278. The lowest BCUT2D eigenvalue weighted by Crippen LogP contribution is -2.08. The second-order valence-corrected chi connectivity index (χ2v) is 11.1. The van der Waals surface area contributed by atoms with Gasteiger partial charge in [0.15, 0.2) is 0 Å². The Hall–Kier alpha value is -2.39. The molecule has 1 heterocycles. The van der Waals surface area contributed by atoms with E-state index in [1.54, 1.807) is 24.3 Å². The van der Waals surface area contributed by atoms with E-state index in [0.29, 0.717) is 23.0 Å². The molecule has 4 aromatic rings. The number of aliphatic hydroxyl groups excluding tert-OH is 1. The number of imidazole rings is 1. The van der Waals surface area contributed by atoms with Crippen molar-refractivity contribution in [2.75, 3.05) is 12.4 Å². The second-order valence-electron chi connectivity index (χ2n) is 8.87. The molecule has 1 aromatic heterocycles. The number of hydrogen-bond acceptors (Lipinski definition) is 3. The summed E-state index contributed by atoms with van der Waals surface area (Å²) in [4.78, 5) is 8.37. The number of halogens is 5. The van der Waals surface area contributed by atoms with Crippen molar-refractivity contribution in [2.24, 2.45) is 5.92 Å². The number of H-pyrrole nitrogens is 1. The quantitative estimate of drug-likeness (QED) is 0.255. The molecule has 36 heavy (non-hydrogen) atoms. The van der Waals surface area contributed by atoms with Crippen molar-refractivity contribution in [1.82, 2.24) is 9.97 Å². The van der Waals surface area contributed by atoms with Crippen molar-refractivity contribution < 1.29 is 22.5 Å². The van der Waals surface area contributed by atoms with Gasteiger partial charge in [0.2, 0.25) is 0 Å². The first kappa shape index (κ1) is 25.3. The molecule has 188 valence electrons. The fraction of sp³-hybridized carbons (Fsp3) is 0.269. The molecule has 0 radical (unpaired) electrons. The molecule has 2 N–H and O–H groups in total. The summed E-state index contributed by atoms with van der Waals surface area (Å²) >= 11 is 13.0. The fourth-order valence-electron chi connectivity index (χ4n) is 4.26. The van der Waals surface area contributed by atoms with Crippen LogP contribution in [0.1, 0.15) is 35.7 Å². The van der Waals surface area contributed by atoms with Crippen molar-refractivity contribution >= 4 is 45.0 Å². The van der Waals surface area contributed by atoms with Crippen molar-refractivity contribution in [3.63, 3.8) is 0 Å². The summed E-state index contributed by atoms with van der Waals surface area (Å²) in [6, 6.07) is 13.7. The Morgan fingerprint density at radius 3 is 2.44 bits per heavy atom. The minimum absolute atomic E-state index is 0.0146. The van der Waals surface area contributed by atoms with Crippen LogP contribution in [-0.2, 0) is 17.0 Å². The number of aromatic amines is 1. The van der Waals surface area contributed by atoms with Gasteiger partial charge in [-0.2, -0.15) is 13.2 Å². The number of benzene rings is 3. The van der Waals surface area contributed by atoms with E-state index in [1.807, 2.05) is 0 Å². The van der Waals surface area contributed by atoms with E-state index < -0.39 is 28.5 Å². The first-order chi connectivity index (χ1) is 17.2. The fourth-order valence-corrected chi connectivity index (χ4v) is 6.35. The summed E-state index contributed by atoms with van der Waals surface area (Å²) in [7, 11) is -1.06. The molecule has 4 nitrogen and oxygen atoms in total. The Morgan fingerprint density at radius 1 is 1.11 bits per heavy atom. The van der Waals surface area contributed by atoms with Gasteiger partial charge in [-0.15, -0.1) is 0 Å². The molecule has 2 unspecified atom stereocenters. The van der Waals surface area contributed by atoms with Gasteiger partial charge in [0.05, 0.1) is 44.4 Å². The van der Waals surface area contributed by atoms with E-state index >= 15 is 0 Å². The van der Waals surface area contributed by atoms with Gasteiger partial charge in [-0.1, -0.05) is 53.5 Å². The monoisotopic (exact) mass is 552 g/mol. The molecule has 1 aliphatic rings. The average Bonchev–Trinajstić information content (AvgIpc) is 3.56. The maximum Gasteiger partial charge on any atom is 0.417 e. The number of hydrogen-bond donors (Lipinski definition) is 2. The normalized spacial score (nSPS) is 15.8. The highest BCUT2D eigenvalue weighted by Gasteiger charge is 2.35. The Labute approximate surface area is 217 Å². The molecule has 2 atom stereocenters. The lowest BCUT2D eigenvalue weighted by molar-refractivity contribution is -0.137. The van der Waals surface area contributed by atoms with E-state index in [0.717, 1.165) is 29.4 Å². The average molecular weight is 553 g/mol. The molecule has 1 aliphatic carbocycles. The number of fused-ring (bicyclic) bond motifs is 1. The van der Waals surface area contributed by atoms with Crippen LogP contribution in [0.2, 0.25) is 10.0 Å². The summed E-state index contributed by atoms with van der Waals surface area (Å²) in [5, 5.41) is 10.2. The molecule has 0 spiro atoms. The number of nitrogens with zero attached hydrogens (tertiary/aromatic N) is 1. The first-order valence-electron chi connectivity index (χ1n) is 11.3. The molecular weight excluding hydrogens is 532 g/mol. The second kappa shape index (κ2) is 9.82. The first-order valence-corrected chi connectivity index (χ1v) is 13.4. The van der Waals surface area contributed by atoms with Gasteiger partial charge < -0.3 is 10.1 Å². The van der Waals surface area contributed by atoms with Crippen LogP contribution < -0.4 is 0 Å². The van der Waals surface area contributed by atoms with Crippen LogP contribution in [0.3, 0.4) is 0 Å². The van der Waals surface area contributed by atoms with Crippen molar-refractivity contribution in [1.29, 1.82) is 0 Å². The highest BCUT2D eigenvalue weighted by atomic mass is 35.5. The number of nitrogens with one attached hydrogen (secondary N) is 1. The third kappa shape index (κ3) is 4.92. The van der Waals surface area contributed by atoms with Gasteiger partial charge in [-0.25, -0.2) is 4.98 Å². The predicted octanol–water partition coefficient (Wildman–Crippen LogP) is 7.20. The predicted molar refractivity (Wildman–Crippen MR) is 136 cm³/mol. The minimum Gasteiger partial charge on any atom is -0.395 e.